The third-order valence-corrected chi connectivity index (χ3v) is 2.08. The summed E-state index contributed by atoms with van der Waals surface area (Å²) in [6.07, 6.45) is 1.55. The lowest BCUT2D eigenvalue weighted by atomic mass is 10.2. The number of nitriles is 1. The number of halogens is 1. The van der Waals surface area contributed by atoms with E-state index in [1.54, 1.807) is 19.3 Å². The molecule has 1 aromatic heterocycles. The fourth-order valence-corrected chi connectivity index (χ4v) is 1.10. The molecule has 0 aliphatic rings. The van der Waals surface area contributed by atoms with Crippen molar-refractivity contribution >= 4 is 16.6 Å². The molecule has 62 valence electrons. The Hall–Kier alpha value is -1.20. The maximum atomic E-state index is 8.57. The van der Waals surface area contributed by atoms with Crippen LogP contribution in [0.2, 0.25) is 0 Å². The van der Waals surface area contributed by atoms with Crippen LogP contribution in [0.25, 0.3) is 5.03 Å². The number of hydrogen-bond acceptors (Lipinski definition) is 2. The topological polar surface area (TPSA) is 36.9 Å². The number of rotatable bonds is 1. The molecule has 3 heteroatoms. The lowest BCUT2D eigenvalue weighted by molar-refractivity contribution is 0.533. The highest BCUT2D eigenvalue weighted by molar-refractivity contribution is 6.49. The quantitative estimate of drug-likeness (QED) is 0.625. The molecule has 0 aliphatic heterocycles. The molecule has 0 saturated carbocycles. The molecule has 1 aromatic rings. The van der Waals surface area contributed by atoms with Crippen molar-refractivity contribution in [2.24, 2.45) is 0 Å². The molecular weight excluding hydrogens is 174 g/mol. The molecule has 1 rings (SSSR count). The van der Waals surface area contributed by atoms with Crippen molar-refractivity contribution in [3.8, 4) is 6.07 Å². The van der Waals surface area contributed by atoms with E-state index < -0.39 is 0 Å². The Morgan fingerprint density at radius 1 is 1.67 bits per heavy atom. The number of allylic oxidation sites excluding steroid dienone is 1. The molecule has 12 heavy (non-hydrogen) atoms. The number of furan rings is 1. The maximum absolute atomic E-state index is 8.57. The monoisotopic (exact) mass is 181 g/mol. The molecule has 2 nitrogen and oxygen atoms in total. The van der Waals surface area contributed by atoms with Crippen molar-refractivity contribution in [3.05, 3.63) is 29.2 Å². The largest absolute Gasteiger partial charge is 0.469 e. The van der Waals surface area contributed by atoms with Crippen LogP contribution < -0.4 is 0 Å². The van der Waals surface area contributed by atoms with E-state index >= 15 is 0 Å². The van der Waals surface area contributed by atoms with E-state index in [1.165, 1.54) is 0 Å². The van der Waals surface area contributed by atoms with Gasteiger partial charge in [0, 0.05) is 11.1 Å². The number of nitrogens with zero attached hydrogens (tertiary/aromatic N) is 1. The summed E-state index contributed by atoms with van der Waals surface area (Å²) in [4.78, 5) is 0. The molecule has 0 N–H and O–H groups in total. The Bertz CT molecular complexity index is 357. The van der Waals surface area contributed by atoms with Crippen LogP contribution in [0.3, 0.4) is 0 Å². The van der Waals surface area contributed by atoms with Gasteiger partial charge in [0.25, 0.3) is 0 Å². The van der Waals surface area contributed by atoms with E-state index in [4.69, 9.17) is 21.3 Å². The number of hydrogen-bond donors (Lipinski definition) is 0. The van der Waals surface area contributed by atoms with Gasteiger partial charge in [-0.1, -0.05) is 11.6 Å². The molecule has 0 atom stereocenters. The van der Waals surface area contributed by atoms with Gasteiger partial charge >= 0.3 is 0 Å². The fourth-order valence-electron chi connectivity index (χ4n) is 0.864. The van der Waals surface area contributed by atoms with Gasteiger partial charge in [-0.3, -0.25) is 0 Å². The van der Waals surface area contributed by atoms with Gasteiger partial charge in [0.1, 0.15) is 5.76 Å². The van der Waals surface area contributed by atoms with Crippen LogP contribution in [0.4, 0.5) is 0 Å². The van der Waals surface area contributed by atoms with Crippen molar-refractivity contribution in [3.63, 3.8) is 0 Å². The predicted octanol–water partition coefficient (Wildman–Crippen LogP) is 3.08. The molecule has 0 amide bonds. The molecule has 0 spiro atoms. The van der Waals surface area contributed by atoms with E-state index in [2.05, 4.69) is 0 Å². The van der Waals surface area contributed by atoms with Gasteiger partial charge in [0.15, 0.2) is 0 Å². The minimum absolute atomic E-state index is 0.462. The lowest BCUT2D eigenvalue weighted by Crippen LogP contribution is -1.80. The third kappa shape index (κ3) is 1.51. The van der Waals surface area contributed by atoms with Crippen LogP contribution in [-0.4, -0.2) is 0 Å². The highest BCUT2D eigenvalue weighted by Gasteiger charge is 2.07. The summed E-state index contributed by atoms with van der Waals surface area (Å²) >= 11 is 5.90. The first-order chi connectivity index (χ1) is 5.66. The van der Waals surface area contributed by atoms with Crippen LogP contribution in [0.1, 0.15) is 18.2 Å². The van der Waals surface area contributed by atoms with Crippen LogP contribution in [-0.2, 0) is 0 Å². The zero-order valence-corrected chi connectivity index (χ0v) is 7.64. The lowest BCUT2D eigenvalue weighted by Gasteiger charge is -1.95. The average Bonchev–Trinajstić information content (AvgIpc) is 2.48. The molecule has 0 radical (unpaired) electrons. The second kappa shape index (κ2) is 3.46. The zero-order chi connectivity index (χ0) is 9.14. The SMILES string of the molecule is C/C(C#N)=C(/Cl)c1ccoc1C. The highest BCUT2D eigenvalue weighted by Crippen LogP contribution is 2.26. The normalized spacial score (nSPS) is 12.2. The van der Waals surface area contributed by atoms with E-state index in [9.17, 15) is 0 Å². The second-order valence-corrected chi connectivity index (χ2v) is 2.82. The standard InChI is InChI=1S/C9H8ClNO/c1-6(5-11)9(10)8-3-4-12-7(8)2/h3-4H,1-2H3/b9-6-. The van der Waals surface area contributed by atoms with Gasteiger partial charge in [-0.2, -0.15) is 5.26 Å². The van der Waals surface area contributed by atoms with Crippen molar-refractivity contribution in [2.75, 3.05) is 0 Å². The second-order valence-electron chi connectivity index (χ2n) is 2.44. The summed E-state index contributed by atoms with van der Waals surface area (Å²) in [5.74, 6) is 0.731. The minimum Gasteiger partial charge on any atom is -0.469 e. The van der Waals surface area contributed by atoms with Crippen molar-refractivity contribution < 1.29 is 4.42 Å². The summed E-state index contributed by atoms with van der Waals surface area (Å²) in [5.41, 5.74) is 1.29. The Labute approximate surface area is 76.1 Å². The molecule has 0 fully saturated rings. The molecular formula is C9H8ClNO. The first kappa shape index (κ1) is 8.89. The molecule has 0 unspecified atom stereocenters. The summed E-state index contributed by atoms with van der Waals surface area (Å²) in [6.45, 7) is 3.48. The van der Waals surface area contributed by atoms with Gasteiger partial charge in [-0.05, 0) is 19.9 Å². The van der Waals surface area contributed by atoms with Gasteiger partial charge in [-0.25, -0.2) is 0 Å². The highest BCUT2D eigenvalue weighted by atomic mass is 35.5. The van der Waals surface area contributed by atoms with Crippen LogP contribution >= 0.6 is 11.6 Å². The molecule has 0 aromatic carbocycles. The average molecular weight is 182 g/mol. The van der Waals surface area contributed by atoms with Crippen molar-refractivity contribution in [1.82, 2.24) is 0 Å². The Morgan fingerprint density at radius 2 is 2.33 bits per heavy atom. The van der Waals surface area contributed by atoms with Gasteiger partial charge in [0.2, 0.25) is 0 Å². The Balaban J connectivity index is 3.18. The zero-order valence-electron chi connectivity index (χ0n) is 6.89. The summed E-state index contributed by atoms with van der Waals surface area (Å²) in [7, 11) is 0. The summed E-state index contributed by atoms with van der Waals surface area (Å²) < 4.78 is 5.05. The first-order valence-electron chi connectivity index (χ1n) is 3.47. The van der Waals surface area contributed by atoms with Crippen LogP contribution in [0.15, 0.2) is 22.3 Å². The van der Waals surface area contributed by atoms with Crippen LogP contribution in [0, 0.1) is 18.3 Å². The smallest absolute Gasteiger partial charge is 0.109 e. The molecule has 1 heterocycles. The number of aryl methyl sites for hydroxylation is 1. The van der Waals surface area contributed by atoms with Gasteiger partial charge < -0.3 is 4.42 Å². The third-order valence-electron chi connectivity index (χ3n) is 1.59. The van der Waals surface area contributed by atoms with E-state index in [-0.39, 0.29) is 0 Å². The van der Waals surface area contributed by atoms with E-state index in [1.807, 2.05) is 13.0 Å². The summed E-state index contributed by atoms with van der Waals surface area (Å²) in [6, 6.07) is 3.73. The molecule has 0 saturated heterocycles. The molecule has 0 aliphatic carbocycles. The summed E-state index contributed by atoms with van der Waals surface area (Å²) in [5, 5.41) is 9.03. The van der Waals surface area contributed by atoms with Gasteiger partial charge in [0.05, 0.1) is 17.4 Å². The Kier molecular flexibility index (Phi) is 2.57. The Morgan fingerprint density at radius 3 is 2.75 bits per heavy atom. The van der Waals surface area contributed by atoms with E-state index in [0.717, 1.165) is 11.3 Å². The maximum Gasteiger partial charge on any atom is 0.109 e. The van der Waals surface area contributed by atoms with Crippen LogP contribution in [0.5, 0.6) is 0 Å². The predicted molar refractivity (Wildman–Crippen MR) is 47.5 cm³/mol. The molecule has 0 bridgehead atoms. The van der Waals surface area contributed by atoms with E-state index in [0.29, 0.717) is 10.6 Å². The minimum atomic E-state index is 0.462. The fraction of sp³-hybridized carbons (Fsp3) is 0.222. The van der Waals surface area contributed by atoms with Gasteiger partial charge in [-0.15, -0.1) is 0 Å². The van der Waals surface area contributed by atoms with Crippen molar-refractivity contribution in [1.29, 1.82) is 5.26 Å². The first-order valence-corrected chi connectivity index (χ1v) is 3.85. The van der Waals surface area contributed by atoms with Crippen molar-refractivity contribution in [2.45, 2.75) is 13.8 Å².